The van der Waals surface area contributed by atoms with E-state index in [1.165, 1.54) is 4.90 Å². The average molecular weight is 414 g/mol. The van der Waals surface area contributed by atoms with Crippen LogP contribution in [-0.4, -0.2) is 32.3 Å². The largest absolute Gasteiger partial charge is 0.340 e. The Balaban J connectivity index is 2.22. The molecule has 6 nitrogen and oxygen atoms in total. The molecule has 0 aliphatic carbocycles. The monoisotopic (exact) mass is 413 g/mol. The van der Waals surface area contributed by atoms with E-state index in [0.29, 0.717) is 5.56 Å². The third-order valence-corrected chi connectivity index (χ3v) is 6.29. The minimum absolute atomic E-state index is 0.142. The highest BCUT2D eigenvalue weighted by Gasteiger charge is 2.30. The zero-order valence-electron chi connectivity index (χ0n) is 17.4. The molecule has 0 aromatic heterocycles. The van der Waals surface area contributed by atoms with Crippen LogP contribution in [0.4, 0.5) is 0 Å². The van der Waals surface area contributed by atoms with Gasteiger partial charge in [-0.1, -0.05) is 32.0 Å². The third kappa shape index (κ3) is 5.66. The Kier molecular flexibility index (Phi) is 7.17. The predicted octanol–water partition coefficient (Wildman–Crippen LogP) is 3.14. The fourth-order valence-electron chi connectivity index (χ4n) is 2.92. The molecular formula is C22H27N3O3S. The zero-order chi connectivity index (χ0) is 21.8. The molecule has 2 aromatic carbocycles. The van der Waals surface area contributed by atoms with E-state index in [1.54, 1.807) is 57.3 Å². The van der Waals surface area contributed by atoms with Gasteiger partial charge in [-0.25, -0.2) is 8.42 Å². The number of hydrogen-bond donors (Lipinski definition) is 1. The highest BCUT2D eigenvalue weighted by atomic mass is 32.2. The standard InChI is InChI=1S/C22H27N3O3S/c1-15(2)21(24-29(27,28)20-10-9-16(3)17(4)11-20)22(26)25(5)14-19-8-6-7-18(12-19)13-23/h6-12,15,21,24H,14H2,1-5H3. The number of benzene rings is 2. The van der Waals surface area contributed by atoms with Crippen molar-refractivity contribution < 1.29 is 13.2 Å². The van der Waals surface area contributed by atoms with Gasteiger partial charge in [-0.05, 0) is 60.7 Å². The second kappa shape index (κ2) is 9.21. The van der Waals surface area contributed by atoms with E-state index < -0.39 is 16.1 Å². The molecule has 2 rings (SSSR count). The summed E-state index contributed by atoms with van der Waals surface area (Å²) in [5.41, 5.74) is 3.19. The Morgan fingerprint density at radius 2 is 1.83 bits per heavy atom. The second-order valence-corrected chi connectivity index (χ2v) is 9.31. The molecule has 0 saturated heterocycles. The highest BCUT2D eigenvalue weighted by molar-refractivity contribution is 7.89. The summed E-state index contributed by atoms with van der Waals surface area (Å²) in [5, 5.41) is 9.03. The number of likely N-dealkylation sites (N-methyl/N-ethyl adjacent to an activating group) is 1. The van der Waals surface area contributed by atoms with E-state index in [1.807, 2.05) is 19.9 Å². The molecular weight excluding hydrogens is 386 g/mol. The maximum atomic E-state index is 13.0. The minimum Gasteiger partial charge on any atom is -0.340 e. The molecule has 1 amide bonds. The Hall–Kier alpha value is -2.69. The summed E-state index contributed by atoms with van der Waals surface area (Å²) in [6.45, 7) is 7.65. The molecule has 0 fully saturated rings. The molecule has 2 aromatic rings. The number of nitriles is 1. The van der Waals surface area contributed by atoms with Gasteiger partial charge in [0.05, 0.1) is 16.5 Å². The lowest BCUT2D eigenvalue weighted by atomic mass is 10.0. The van der Waals surface area contributed by atoms with Crippen molar-refractivity contribution in [2.45, 2.75) is 45.2 Å². The average Bonchev–Trinajstić information content (AvgIpc) is 2.67. The maximum Gasteiger partial charge on any atom is 0.241 e. The topological polar surface area (TPSA) is 90.3 Å². The first-order valence-corrected chi connectivity index (χ1v) is 10.9. The molecule has 0 radical (unpaired) electrons. The van der Waals surface area contributed by atoms with E-state index in [0.717, 1.165) is 16.7 Å². The number of sulfonamides is 1. The van der Waals surface area contributed by atoms with Crippen LogP contribution in [0.1, 0.15) is 36.1 Å². The van der Waals surface area contributed by atoms with E-state index in [9.17, 15) is 13.2 Å². The Labute approximate surface area is 173 Å². The Morgan fingerprint density at radius 1 is 1.14 bits per heavy atom. The van der Waals surface area contributed by atoms with E-state index in [-0.39, 0.29) is 23.3 Å². The highest BCUT2D eigenvalue weighted by Crippen LogP contribution is 2.17. The number of carbonyl (C=O) groups excluding carboxylic acids is 1. The third-order valence-electron chi connectivity index (χ3n) is 4.86. The smallest absolute Gasteiger partial charge is 0.241 e. The fourth-order valence-corrected chi connectivity index (χ4v) is 4.34. The summed E-state index contributed by atoms with van der Waals surface area (Å²) in [7, 11) is -2.22. The fraction of sp³-hybridized carbons (Fsp3) is 0.364. The van der Waals surface area contributed by atoms with Crippen LogP contribution in [0, 0.1) is 31.1 Å². The number of nitrogens with zero attached hydrogens (tertiary/aromatic N) is 2. The van der Waals surface area contributed by atoms with Gasteiger partial charge in [0, 0.05) is 13.6 Å². The molecule has 29 heavy (non-hydrogen) atoms. The van der Waals surface area contributed by atoms with Crippen LogP contribution in [0.15, 0.2) is 47.4 Å². The number of amides is 1. The van der Waals surface area contributed by atoms with E-state index >= 15 is 0 Å². The van der Waals surface area contributed by atoms with Crippen LogP contribution in [0.3, 0.4) is 0 Å². The van der Waals surface area contributed by atoms with Crippen LogP contribution in [0.5, 0.6) is 0 Å². The number of hydrogen-bond acceptors (Lipinski definition) is 4. The van der Waals surface area contributed by atoms with Crippen molar-refractivity contribution in [2.24, 2.45) is 5.92 Å². The van der Waals surface area contributed by atoms with Gasteiger partial charge < -0.3 is 4.90 Å². The van der Waals surface area contributed by atoms with E-state index in [4.69, 9.17) is 5.26 Å². The maximum absolute atomic E-state index is 13.0. The van der Waals surface area contributed by atoms with Gasteiger partial charge in [-0.3, -0.25) is 4.79 Å². The number of carbonyl (C=O) groups is 1. The van der Waals surface area contributed by atoms with E-state index in [2.05, 4.69) is 10.8 Å². The number of rotatable bonds is 7. The molecule has 154 valence electrons. The molecule has 0 aliphatic heterocycles. The molecule has 1 N–H and O–H groups in total. The van der Waals surface area contributed by atoms with Gasteiger partial charge in [0.2, 0.25) is 15.9 Å². The van der Waals surface area contributed by atoms with Crippen molar-refractivity contribution in [2.75, 3.05) is 7.05 Å². The van der Waals surface area contributed by atoms with Crippen molar-refractivity contribution in [3.8, 4) is 6.07 Å². The summed E-state index contributed by atoms with van der Waals surface area (Å²) in [4.78, 5) is 14.6. The van der Waals surface area contributed by atoms with Crippen LogP contribution in [0.25, 0.3) is 0 Å². The lowest BCUT2D eigenvalue weighted by Gasteiger charge is -2.27. The molecule has 0 heterocycles. The van der Waals surface area contributed by atoms with Gasteiger partial charge in [0.15, 0.2) is 0 Å². The van der Waals surface area contributed by atoms with Crippen molar-refractivity contribution in [3.63, 3.8) is 0 Å². The van der Waals surface area contributed by atoms with Gasteiger partial charge >= 0.3 is 0 Å². The summed E-state index contributed by atoms with van der Waals surface area (Å²) in [6.07, 6.45) is 0. The molecule has 1 atom stereocenters. The van der Waals surface area contributed by atoms with Crippen LogP contribution < -0.4 is 4.72 Å². The van der Waals surface area contributed by atoms with Crippen molar-refractivity contribution in [3.05, 3.63) is 64.7 Å². The molecule has 1 unspecified atom stereocenters. The molecule has 0 saturated carbocycles. The van der Waals surface area contributed by atoms with Crippen molar-refractivity contribution >= 4 is 15.9 Å². The Bertz CT molecular complexity index is 1040. The first-order chi connectivity index (χ1) is 13.5. The summed E-state index contributed by atoms with van der Waals surface area (Å²) < 4.78 is 28.3. The van der Waals surface area contributed by atoms with Gasteiger partial charge in [-0.15, -0.1) is 0 Å². The van der Waals surface area contributed by atoms with Gasteiger partial charge in [-0.2, -0.15) is 9.98 Å². The lowest BCUT2D eigenvalue weighted by Crippen LogP contribution is -2.49. The van der Waals surface area contributed by atoms with Crippen LogP contribution in [-0.2, 0) is 21.4 Å². The number of aryl methyl sites for hydroxylation is 2. The normalized spacial score (nSPS) is 12.4. The molecule has 0 bridgehead atoms. The number of nitrogens with one attached hydrogen (secondary N) is 1. The van der Waals surface area contributed by atoms with Gasteiger partial charge in [0.1, 0.15) is 6.04 Å². The Morgan fingerprint density at radius 3 is 2.41 bits per heavy atom. The van der Waals surface area contributed by atoms with Crippen LogP contribution >= 0.6 is 0 Å². The summed E-state index contributed by atoms with van der Waals surface area (Å²) >= 11 is 0. The predicted molar refractivity (Wildman–Crippen MR) is 112 cm³/mol. The van der Waals surface area contributed by atoms with Crippen molar-refractivity contribution in [1.29, 1.82) is 5.26 Å². The second-order valence-electron chi connectivity index (χ2n) is 7.60. The summed E-state index contributed by atoms with van der Waals surface area (Å²) in [6, 6.07) is 13.1. The molecule has 0 spiro atoms. The molecule has 0 aliphatic rings. The minimum atomic E-state index is -3.85. The first kappa shape index (κ1) is 22.6. The quantitative estimate of drug-likeness (QED) is 0.755. The molecule has 7 heteroatoms. The summed E-state index contributed by atoms with van der Waals surface area (Å²) in [5.74, 6) is -0.563. The SMILES string of the molecule is Cc1ccc(S(=O)(=O)NC(C(=O)N(C)Cc2cccc(C#N)c2)C(C)C)cc1C. The van der Waals surface area contributed by atoms with Crippen molar-refractivity contribution in [1.82, 2.24) is 9.62 Å². The first-order valence-electron chi connectivity index (χ1n) is 9.38. The lowest BCUT2D eigenvalue weighted by molar-refractivity contribution is -0.133. The van der Waals surface area contributed by atoms with Gasteiger partial charge in [0.25, 0.3) is 0 Å². The van der Waals surface area contributed by atoms with Crippen LogP contribution in [0.2, 0.25) is 0 Å². The zero-order valence-corrected chi connectivity index (χ0v) is 18.2.